The number of piperidine rings is 1. The molecule has 4 heteroatoms. The van der Waals surface area contributed by atoms with Gasteiger partial charge in [-0.25, -0.2) is 0 Å². The number of fused-ring (bicyclic) bond motifs is 1. The molecule has 21 heavy (non-hydrogen) atoms. The minimum Gasteiger partial charge on any atom is -0.487 e. The molecule has 2 aliphatic heterocycles. The molecule has 0 spiro atoms. The van der Waals surface area contributed by atoms with Crippen molar-refractivity contribution in [2.45, 2.75) is 45.3 Å². The first-order valence-electron chi connectivity index (χ1n) is 7.69. The summed E-state index contributed by atoms with van der Waals surface area (Å²) in [5, 5.41) is 9.06. The molecule has 2 heterocycles. The highest BCUT2D eigenvalue weighted by Gasteiger charge is 2.32. The van der Waals surface area contributed by atoms with Crippen LogP contribution in [0.15, 0.2) is 18.2 Å². The highest BCUT2D eigenvalue weighted by atomic mass is 16.5. The number of para-hydroxylation sites is 1. The van der Waals surface area contributed by atoms with Crippen LogP contribution in [-0.4, -0.2) is 34.7 Å². The predicted octanol–water partition coefficient (Wildman–Crippen LogP) is 2.70. The largest absolute Gasteiger partial charge is 0.487 e. The van der Waals surface area contributed by atoms with Gasteiger partial charge >= 0.3 is 5.97 Å². The molecule has 4 nitrogen and oxygen atoms in total. The lowest BCUT2D eigenvalue weighted by Crippen LogP contribution is -2.36. The Bertz CT molecular complexity index is 545. The van der Waals surface area contributed by atoms with Crippen molar-refractivity contribution in [3.8, 4) is 5.75 Å². The molecule has 0 amide bonds. The van der Waals surface area contributed by atoms with Crippen LogP contribution in [0, 0.1) is 5.92 Å². The second-order valence-electron chi connectivity index (χ2n) is 6.83. The number of rotatable bonds is 3. The molecule has 1 fully saturated rings. The second-order valence-corrected chi connectivity index (χ2v) is 6.83. The smallest absolute Gasteiger partial charge is 0.306 e. The van der Waals surface area contributed by atoms with Gasteiger partial charge in [-0.15, -0.1) is 0 Å². The lowest BCUT2D eigenvalue weighted by molar-refractivity contribution is -0.143. The summed E-state index contributed by atoms with van der Waals surface area (Å²) >= 11 is 0. The third kappa shape index (κ3) is 3.05. The Balaban J connectivity index is 1.68. The van der Waals surface area contributed by atoms with E-state index in [0.717, 1.165) is 44.6 Å². The van der Waals surface area contributed by atoms with Gasteiger partial charge in [-0.05, 0) is 45.3 Å². The van der Waals surface area contributed by atoms with Gasteiger partial charge in [0.1, 0.15) is 11.4 Å². The zero-order valence-corrected chi connectivity index (χ0v) is 12.8. The summed E-state index contributed by atoms with van der Waals surface area (Å²) in [6.07, 6.45) is 2.45. The fourth-order valence-electron chi connectivity index (χ4n) is 3.38. The van der Waals surface area contributed by atoms with E-state index in [9.17, 15) is 4.79 Å². The molecular formula is C17H23NO3. The number of nitrogens with zero attached hydrogens (tertiary/aromatic N) is 1. The van der Waals surface area contributed by atoms with E-state index in [1.54, 1.807) is 0 Å². The van der Waals surface area contributed by atoms with E-state index in [4.69, 9.17) is 9.84 Å². The number of carboxylic acid groups (broad SMARTS) is 1. The van der Waals surface area contributed by atoms with Crippen LogP contribution >= 0.6 is 0 Å². The molecule has 0 atom stereocenters. The monoisotopic (exact) mass is 289 g/mol. The fourth-order valence-corrected chi connectivity index (χ4v) is 3.38. The second kappa shape index (κ2) is 5.34. The average molecular weight is 289 g/mol. The molecular weight excluding hydrogens is 266 g/mol. The number of hydrogen-bond acceptors (Lipinski definition) is 3. The zero-order chi connectivity index (χ0) is 15.0. The highest BCUT2D eigenvalue weighted by molar-refractivity contribution is 5.70. The number of carbonyl (C=O) groups is 1. The van der Waals surface area contributed by atoms with E-state index in [-0.39, 0.29) is 11.5 Å². The normalized spacial score (nSPS) is 21.8. The lowest BCUT2D eigenvalue weighted by Gasteiger charge is -2.30. The molecule has 3 rings (SSSR count). The summed E-state index contributed by atoms with van der Waals surface area (Å²) < 4.78 is 6.11. The number of likely N-dealkylation sites (tertiary alicyclic amines) is 1. The minimum atomic E-state index is -0.652. The fraction of sp³-hybridized carbons (Fsp3) is 0.588. The first kappa shape index (κ1) is 14.4. The molecule has 0 bridgehead atoms. The summed E-state index contributed by atoms with van der Waals surface area (Å²) in [6.45, 7) is 6.80. The van der Waals surface area contributed by atoms with Gasteiger partial charge in [0.25, 0.3) is 0 Å². The molecule has 0 aromatic heterocycles. The lowest BCUT2D eigenvalue weighted by atomic mass is 9.96. The Morgan fingerprint density at radius 3 is 2.76 bits per heavy atom. The van der Waals surface area contributed by atoms with Crippen LogP contribution in [0.3, 0.4) is 0 Å². The van der Waals surface area contributed by atoms with Gasteiger partial charge in [-0.3, -0.25) is 9.69 Å². The maximum absolute atomic E-state index is 11.0. The van der Waals surface area contributed by atoms with Gasteiger partial charge < -0.3 is 9.84 Å². The van der Waals surface area contributed by atoms with Crippen LogP contribution in [0.1, 0.15) is 37.8 Å². The van der Waals surface area contributed by atoms with Crippen molar-refractivity contribution in [3.05, 3.63) is 29.3 Å². The number of ether oxygens (including phenoxy) is 1. The van der Waals surface area contributed by atoms with Crippen LogP contribution in [-0.2, 0) is 17.8 Å². The van der Waals surface area contributed by atoms with E-state index in [0.29, 0.717) is 0 Å². The first-order valence-corrected chi connectivity index (χ1v) is 7.69. The van der Waals surface area contributed by atoms with Gasteiger partial charge in [0.15, 0.2) is 0 Å². The summed E-state index contributed by atoms with van der Waals surface area (Å²) in [6, 6.07) is 6.37. The average Bonchev–Trinajstić information content (AvgIpc) is 2.74. The van der Waals surface area contributed by atoms with Crippen LogP contribution in [0.2, 0.25) is 0 Å². The van der Waals surface area contributed by atoms with Crippen LogP contribution < -0.4 is 4.74 Å². The van der Waals surface area contributed by atoms with Gasteiger partial charge in [0, 0.05) is 18.5 Å². The topological polar surface area (TPSA) is 49.8 Å². The zero-order valence-electron chi connectivity index (χ0n) is 12.8. The predicted molar refractivity (Wildman–Crippen MR) is 80.5 cm³/mol. The first-order chi connectivity index (χ1) is 9.94. The quantitative estimate of drug-likeness (QED) is 0.929. The molecule has 1 aromatic rings. The third-order valence-electron chi connectivity index (χ3n) is 4.50. The molecule has 0 saturated carbocycles. The molecule has 2 aliphatic rings. The van der Waals surface area contributed by atoms with Gasteiger partial charge in [-0.2, -0.15) is 0 Å². The van der Waals surface area contributed by atoms with E-state index in [1.165, 1.54) is 11.1 Å². The Kier molecular flexibility index (Phi) is 3.66. The van der Waals surface area contributed by atoms with Crippen molar-refractivity contribution >= 4 is 5.97 Å². The molecule has 0 unspecified atom stereocenters. The van der Waals surface area contributed by atoms with Gasteiger partial charge in [0.2, 0.25) is 0 Å². The highest BCUT2D eigenvalue weighted by Crippen LogP contribution is 2.38. The Labute approximate surface area is 125 Å². The molecule has 0 aliphatic carbocycles. The molecule has 0 radical (unpaired) electrons. The summed E-state index contributed by atoms with van der Waals surface area (Å²) in [4.78, 5) is 13.3. The maximum Gasteiger partial charge on any atom is 0.306 e. The Morgan fingerprint density at radius 2 is 2.10 bits per heavy atom. The van der Waals surface area contributed by atoms with Crippen LogP contribution in [0.4, 0.5) is 0 Å². The maximum atomic E-state index is 11.0. The third-order valence-corrected chi connectivity index (χ3v) is 4.50. The molecule has 1 saturated heterocycles. The molecule has 114 valence electrons. The standard InChI is InChI=1S/C17H23NO3/c1-17(2)10-13-4-3-5-14(15(13)21-17)11-18-8-6-12(7-9-18)16(19)20/h3-5,12H,6-11H2,1-2H3,(H,19,20). The van der Waals surface area contributed by atoms with E-state index in [2.05, 4.69) is 36.9 Å². The number of hydrogen-bond donors (Lipinski definition) is 1. The minimum absolute atomic E-state index is 0.116. The SMILES string of the molecule is CC1(C)Cc2cccc(CN3CCC(C(=O)O)CC3)c2O1. The number of aliphatic carboxylic acids is 1. The van der Waals surface area contributed by atoms with Gasteiger partial charge in [-0.1, -0.05) is 18.2 Å². The number of benzene rings is 1. The summed E-state index contributed by atoms with van der Waals surface area (Å²) in [7, 11) is 0. The van der Waals surface area contributed by atoms with Crippen LogP contribution in [0.25, 0.3) is 0 Å². The van der Waals surface area contributed by atoms with E-state index >= 15 is 0 Å². The van der Waals surface area contributed by atoms with Crippen molar-refractivity contribution in [2.75, 3.05) is 13.1 Å². The molecule has 1 N–H and O–H groups in total. The van der Waals surface area contributed by atoms with Crippen molar-refractivity contribution in [2.24, 2.45) is 5.92 Å². The van der Waals surface area contributed by atoms with Crippen molar-refractivity contribution in [3.63, 3.8) is 0 Å². The van der Waals surface area contributed by atoms with Crippen molar-refractivity contribution < 1.29 is 14.6 Å². The summed E-state index contributed by atoms with van der Waals surface area (Å²) in [5.74, 6) is 0.223. The van der Waals surface area contributed by atoms with Gasteiger partial charge in [0.05, 0.1) is 5.92 Å². The van der Waals surface area contributed by atoms with E-state index in [1.807, 2.05) is 0 Å². The van der Waals surface area contributed by atoms with Crippen LogP contribution in [0.5, 0.6) is 5.75 Å². The molecule has 1 aromatic carbocycles. The van der Waals surface area contributed by atoms with E-state index < -0.39 is 5.97 Å². The summed E-state index contributed by atoms with van der Waals surface area (Å²) in [5.41, 5.74) is 2.40. The Hall–Kier alpha value is -1.55. The number of carboxylic acids is 1. The van der Waals surface area contributed by atoms with Crippen molar-refractivity contribution in [1.82, 2.24) is 4.90 Å². The Morgan fingerprint density at radius 1 is 1.38 bits per heavy atom. The van der Waals surface area contributed by atoms with Crippen molar-refractivity contribution in [1.29, 1.82) is 0 Å².